The van der Waals surface area contributed by atoms with Gasteiger partial charge in [0.2, 0.25) is 5.91 Å². The SMILES string of the molecule is NCC(c1ccccn1)N1CCC(C(N)=O)CC1. The molecule has 5 nitrogen and oxygen atoms in total. The van der Waals surface area contributed by atoms with Crippen molar-refractivity contribution in [1.29, 1.82) is 0 Å². The third-order valence-corrected chi connectivity index (χ3v) is 3.63. The van der Waals surface area contributed by atoms with E-state index in [9.17, 15) is 4.79 Å². The lowest BCUT2D eigenvalue weighted by Gasteiger charge is -2.35. The minimum atomic E-state index is -0.184. The number of carbonyl (C=O) groups is 1. The van der Waals surface area contributed by atoms with Crippen molar-refractivity contribution in [2.75, 3.05) is 19.6 Å². The number of pyridine rings is 1. The quantitative estimate of drug-likeness (QED) is 0.801. The van der Waals surface area contributed by atoms with Crippen LogP contribution in [-0.2, 0) is 4.79 Å². The van der Waals surface area contributed by atoms with Gasteiger partial charge in [-0.15, -0.1) is 0 Å². The highest BCUT2D eigenvalue weighted by Gasteiger charge is 2.28. The molecule has 1 aromatic rings. The van der Waals surface area contributed by atoms with E-state index in [1.807, 2.05) is 18.2 Å². The monoisotopic (exact) mass is 248 g/mol. The van der Waals surface area contributed by atoms with Gasteiger partial charge in [-0.05, 0) is 38.1 Å². The summed E-state index contributed by atoms with van der Waals surface area (Å²) in [6, 6.07) is 6.01. The van der Waals surface area contributed by atoms with Crippen molar-refractivity contribution in [2.45, 2.75) is 18.9 Å². The second-order valence-corrected chi connectivity index (χ2v) is 4.72. The van der Waals surface area contributed by atoms with Crippen LogP contribution >= 0.6 is 0 Å². The number of nitrogens with two attached hydrogens (primary N) is 2. The summed E-state index contributed by atoms with van der Waals surface area (Å²) in [7, 11) is 0. The second kappa shape index (κ2) is 5.93. The van der Waals surface area contributed by atoms with Crippen LogP contribution in [0.2, 0.25) is 0 Å². The molecule has 98 valence electrons. The van der Waals surface area contributed by atoms with Gasteiger partial charge in [-0.25, -0.2) is 0 Å². The average Bonchev–Trinajstić information content (AvgIpc) is 2.41. The summed E-state index contributed by atoms with van der Waals surface area (Å²) in [5, 5.41) is 0. The Balaban J connectivity index is 2.01. The summed E-state index contributed by atoms with van der Waals surface area (Å²) in [4.78, 5) is 17.8. The lowest BCUT2D eigenvalue weighted by molar-refractivity contribution is -0.123. The van der Waals surface area contributed by atoms with Crippen LogP contribution in [0.5, 0.6) is 0 Å². The molecule has 1 atom stereocenters. The highest BCUT2D eigenvalue weighted by Crippen LogP contribution is 2.24. The molecule has 1 aliphatic rings. The van der Waals surface area contributed by atoms with Crippen molar-refractivity contribution >= 4 is 5.91 Å². The molecule has 0 spiro atoms. The number of carbonyl (C=O) groups excluding carboxylic acids is 1. The molecule has 1 saturated heterocycles. The Labute approximate surface area is 107 Å². The standard InChI is InChI=1S/C13H20N4O/c14-9-12(11-3-1-2-6-16-11)17-7-4-10(5-8-17)13(15)18/h1-3,6,10,12H,4-5,7-9,14H2,(H2,15,18). The lowest BCUT2D eigenvalue weighted by atomic mass is 9.94. The number of likely N-dealkylation sites (tertiary alicyclic amines) is 1. The molecular weight excluding hydrogens is 228 g/mol. The largest absolute Gasteiger partial charge is 0.369 e. The molecule has 18 heavy (non-hydrogen) atoms. The Morgan fingerprint density at radius 2 is 2.17 bits per heavy atom. The van der Waals surface area contributed by atoms with Crippen LogP contribution in [0.3, 0.4) is 0 Å². The molecule has 2 heterocycles. The van der Waals surface area contributed by atoms with Crippen LogP contribution < -0.4 is 11.5 Å². The van der Waals surface area contributed by atoms with E-state index in [0.29, 0.717) is 6.54 Å². The molecular formula is C13H20N4O. The van der Waals surface area contributed by atoms with Gasteiger partial charge >= 0.3 is 0 Å². The Hall–Kier alpha value is -1.46. The minimum absolute atomic E-state index is 0.0170. The van der Waals surface area contributed by atoms with E-state index in [0.717, 1.165) is 31.6 Å². The molecule has 0 aliphatic carbocycles. The Kier molecular flexibility index (Phi) is 4.28. The topological polar surface area (TPSA) is 85.2 Å². The van der Waals surface area contributed by atoms with E-state index in [1.165, 1.54) is 0 Å². The summed E-state index contributed by atoms with van der Waals surface area (Å²) < 4.78 is 0. The fraction of sp³-hybridized carbons (Fsp3) is 0.538. The van der Waals surface area contributed by atoms with E-state index in [1.54, 1.807) is 6.20 Å². The minimum Gasteiger partial charge on any atom is -0.369 e. The van der Waals surface area contributed by atoms with Gasteiger partial charge in [0, 0.05) is 18.7 Å². The molecule has 1 aromatic heterocycles. The average molecular weight is 248 g/mol. The maximum atomic E-state index is 11.1. The van der Waals surface area contributed by atoms with Crippen molar-refractivity contribution in [3.05, 3.63) is 30.1 Å². The van der Waals surface area contributed by atoms with Crippen LogP contribution in [0.4, 0.5) is 0 Å². The summed E-state index contributed by atoms with van der Waals surface area (Å²) in [6.07, 6.45) is 3.42. The lowest BCUT2D eigenvalue weighted by Crippen LogP contribution is -2.42. The molecule has 1 fully saturated rings. The predicted molar refractivity (Wildman–Crippen MR) is 69.5 cm³/mol. The van der Waals surface area contributed by atoms with Crippen LogP contribution in [0.15, 0.2) is 24.4 Å². The van der Waals surface area contributed by atoms with Crippen molar-refractivity contribution < 1.29 is 4.79 Å². The van der Waals surface area contributed by atoms with Gasteiger partial charge < -0.3 is 11.5 Å². The smallest absolute Gasteiger partial charge is 0.220 e. The first kappa shape index (κ1) is 13.0. The molecule has 5 heteroatoms. The number of rotatable bonds is 4. The first-order chi connectivity index (χ1) is 8.72. The maximum Gasteiger partial charge on any atom is 0.220 e. The fourth-order valence-corrected chi connectivity index (χ4v) is 2.53. The normalized spacial score (nSPS) is 19.6. The number of piperidine rings is 1. The molecule has 0 bridgehead atoms. The molecule has 2 rings (SSSR count). The van der Waals surface area contributed by atoms with E-state index in [4.69, 9.17) is 11.5 Å². The first-order valence-electron chi connectivity index (χ1n) is 6.36. The van der Waals surface area contributed by atoms with Crippen LogP contribution in [-0.4, -0.2) is 35.4 Å². The van der Waals surface area contributed by atoms with Crippen LogP contribution in [0, 0.1) is 5.92 Å². The summed E-state index contributed by atoms with van der Waals surface area (Å²) in [5.74, 6) is -0.166. The van der Waals surface area contributed by atoms with Gasteiger partial charge in [-0.1, -0.05) is 6.07 Å². The Bertz CT molecular complexity index is 387. The van der Waals surface area contributed by atoms with E-state index in [-0.39, 0.29) is 17.9 Å². The number of primary amides is 1. The second-order valence-electron chi connectivity index (χ2n) is 4.72. The fourth-order valence-electron chi connectivity index (χ4n) is 2.53. The van der Waals surface area contributed by atoms with Gasteiger partial charge in [0.25, 0.3) is 0 Å². The van der Waals surface area contributed by atoms with E-state index in [2.05, 4.69) is 9.88 Å². The van der Waals surface area contributed by atoms with Gasteiger partial charge in [0.15, 0.2) is 0 Å². The number of hydrogen-bond acceptors (Lipinski definition) is 4. The Morgan fingerprint density at radius 1 is 1.44 bits per heavy atom. The van der Waals surface area contributed by atoms with Gasteiger partial charge in [-0.2, -0.15) is 0 Å². The van der Waals surface area contributed by atoms with Crippen LogP contribution in [0.1, 0.15) is 24.6 Å². The van der Waals surface area contributed by atoms with Gasteiger partial charge in [-0.3, -0.25) is 14.7 Å². The van der Waals surface area contributed by atoms with Gasteiger partial charge in [0.1, 0.15) is 0 Å². The molecule has 0 saturated carbocycles. The van der Waals surface area contributed by atoms with Gasteiger partial charge in [0.05, 0.1) is 11.7 Å². The molecule has 1 amide bonds. The highest BCUT2D eigenvalue weighted by atomic mass is 16.1. The summed E-state index contributed by atoms with van der Waals surface area (Å²) in [5.41, 5.74) is 12.2. The molecule has 4 N–H and O–H groups in total. The van der Waals surface area contributed by atoms with Crippen molar-refractivity contribution in [1.82, 2.24) is 9.88 Å². The van der Waals surface area contributed by atoms with Crippen LogP contribution in [0.25, 0.3) is 0 Å². The summed E-state index contributed by atoms with van der Waals surface area (Å²) in [6.45, 7) is 2.25. The van der Waals surface area contributed by atoms with Crippen molar-refractivity contribution in [3.8, 4) is 0 Å². The zero-order valence-corrected chi connectivity index (χ0v) is 10.5. The van der Waals surface area contributed by atoms with Crippen molar-refractivity contribution in [3.63, 3.8) is 0 Å². The zero-order chi connectivity index (χ0) is 13.0. The predicted octanol–water partition coefficient (Wildman–Crippen LogP) is 0.279. The number of amides is 1. The van der Waals surface area contributed by atoms with E-state index >= 15 is 0 Å². The molecule has 1 aliphatic heterocycles. The highest BCUT2D eigenvalue weighted by molar-refractivity contribution is 5.76. The molecule has 0 radical (unpaired) electrons. The third-order valence-electron chi connectivity index (χ3n) is 3.63. The number of hydrogen-bond donors (Lipinski definition) is 2. The molecule has 1 unspecified atom stereocenters. The zero-order valence-electron chi connectivity index (χ0n) is 10.5. The van der Waals surface area contributed by atoms with Crippen molar-refractivity contribution in [2.24, 2.45) is 17.4 Å². The number of aromatic nitrogens is 1. The maximum absolute atomic E-state index is 11.1. The third kappa shape index (κ3) is 2.86. The Morgan fingerprint density at radius 3 is 2.67 bits per heavy atom. The van der Waals surface area contributed by atoms with E-state index < -0.39 is 0 Å². The summed E-state index contributed by atoms with van der Waals surface area (Å²) >= 11 is 0. The number of nitrogens with zero attached hydrogens (tertiary/aromatic N) is 2. The first-order valence-corrected chi connectivity index (χ1v) is 6.36. The molecule has 0 aromatic carbocycles.